The van der Waals surface area contributed by atoms with Gasteiger partial charge in [0, 0.05) is 6.54 Å². The van der Waals surface area contributed by atoms with Crippen molar-refractivity contribution < 1.29 is 20.1 Å². The summed E-state index contributed by atoms with van der Waals surface area (Å²) in [6, 6.07) is 0. The number of thioether (sulfide) groups is 2. The Balaban J connectivity index is 2.08. The molecule has 2 aromatic rings. The molecule has 0 aliphatic carbocycles. The molecule has 11 heteroatoms. The first-order valence-electron chi connectivity index (χ1n) is 8.75. The highest BCUT2D eigenvalue weighted by Crippen LogP contribution is 2.45. The van der Waals surface area contributed by atoms with Crippen molar-refractivity contribution in [3.8, 4) is 0 Å². The number of hydrogen-bond acceptors (Lipinski definition) is 10. The fraction of sp³-hybridized carbons (Fsp3) is 0.588. The Bertz CT molecular complexity index is 863. The minimum Gasteiger partial charge on any atom is -0.394 e. The molecule has 0 radical (unpaired) electrons. The SMILES string of the molecule is C=C(C)CCNc1nc(SC)nc2c1ncn2[C@]1(SC)O[C@H](CO)[C@@H](O)[C@H]1O. The van der Waals surface area contributed by atoms with Gasteiger partial charge in [0.25, 0.3) is 0 Å². The number of ether oxygens (including phenoxy) is 1. The predicted octanol–water partition coefficient (Wildman–Crippen LogP) is 1.01. The molecule has 0 bridgehead atoms. The van der Waals surface area contributed by atoms with Crippen LogP contribution >= 0.6 is 23.5 Å². The van der Waals surface area contributed by atoms with E-state index in [4.69, 9.17) is 4.74 Å². The summed E-state index contributed by atoms with van der Waals surface area (Å²) in [6.07, 6.45) is 2.52. The van der Waals surface area contributed by atoms with Gasteiger partial charge in [0.2, 0.25) is 5.06 Å². The molecule has 3 heterocycles. The molecule has 1 fully saturated rings. The van der Waals surface area contributed by atoms with Crippen LogP contribution in [0.2, 0.25) is 0 Å². The van der Waals surface area contributed by atoms with Crippen molar-refractivity contribution in [2.45, 2.75) is 41.9 Å². The Morgan fingerprint density at radius 3 is 2.71 bits per heavy atom. The second-order valence-electron chi connectivity index (χ2n) is 6.59. The Morgan fingerprint density at radius 2 is 2.14 bits per heavy atom. The fourth-order valence-electron chi connectivity index (χ4n) is 3.10. The van der Waals surface area contributed by atoms with Gasteiger partial charge in [-0.1, -0.05) is 17.3 Å². The monoisotopic (exact) mass is 427 g/mol. The van der Waals surface area contributed by atoms with Gasteiger partial charge in [-0.15, -0.1) is 18.3 Å². The lowest BCUT2D eigenvalue weighted by Crippen LogP contribution is -2.42. The molecule has 9 nitrogen and oxygen atoms in total. The molecule has 0 saturated carbocycles. The van der Waals surface area contributed by atoms with Gasteiger partial charge in [-0.25, -0.2) is 15.0 Å². The van der Waals surface area contributed by atoms with E-state index in [1.54, 1.807) is 10.8 Å². The third-order valence-corrected chi connectivity index (χ3v) is 6.28. The maximum Gasteiger partial charge on any atom is 0.225 e. The molecule has 3 rings (SSSR count). The number of anilines is 1. The second kappa shape index (κ2) is 8.56. The molecule has 0 spiro atoms. The molecular formula is C17H25N5O4S2. The van der Waals surface area contributed by atoms with Gasteiger partial charge in [-0.3, -0.25) is 4.57 Å². The zero-order valence-corrected chi connectivity index (χ0v) is 17.6. The average Bonchev–Trinajstić information content (AvgIpc) is 3.22. The van der Waals surface area contributed by atoms with Crippen LogP contribution in [0.25, 0.3) is 11.2 Å². The number of nitrogens with one attached hydrogen (secondary N) is 1. The zero-order valence-electron chi connectivity index (χ0n) is 16.0. The predicted molar refractivity (Wildman–Crippen MR) is 110 cm³/mol. The summed E-state index contributed by atoms with van der Waals surface area (Å²) in [5.41, 5.74) is 2.06. The van der Waals surface area contributed by atoms with Gasteiger partial charge in [0.1, 0.15) is 24.6 Å². The molecule has 1 saturated heterocycles. The van der Waals surface area contributed by atoms with Crippen LogP contribution in [0.1, 0.15) is 13.3 Å². The third kappa shape index (κ3) is 3.62. The van der Waals surface area contributed by atoms with E-state index in [1.807, 2.05) is 13.2 Å². The van der Waals surface area contributed by atoms with Crippen LogP contribution in [0, 0.1) is 0 Å². The molecule has 0 amide bonds. The first-order chi connectivity index (χ1) is 13.4. The topological polar surface area (TPSA) is 126 Å². The zero-order chi connectivity index (χ0) is 20.5. The van der Waals surface area contributed by atoms with E-state index in [9.17, 15) is 15.3 Å². The Labute approximate surface area is 171 Å². The van der Waals surface area contributed by atoms with E-state index in [2.05, 4.69) is 26.8 Å². The molecule has 0 unspecified atom stereocenters. The smallest absolute Gasteiger partial charge is 0.225 e. The number of rotatable bonds is 8. The largest absolute Gasteiger partial charge is 0.394 e. The van der Waals surface area contributed by atoms with Crippen LogP contribution in [-0.4, -0.2) is 78.8 Å². The van der Waals surface area contributed by atoms with Crippen molar-refractivity contribution in [2.24, 2.45) is 0 Å². The lowest BCUT2D eigenvalue weighted by Gasteiger charge is -2.31. The number of nitrogens with zero attached hydrogens (tertiary/aromatic N) is 4. The van der Waals surface area contributed by atoms with E-state index in [1.165, 1.54) is 29.9 Å². The number of fused-ring (bicyclic) bond motifs is 1. The molecule has 1 aliphatic heterocycles. The molecule has 4 atom stereocenters. The molecule has 28 heavy (non-hydrogen) atoms. The first kappa shape index (κ1) is 21.3. The molecular weight excluding hydrogens is 402 g/mol. The van der Waals surface area contributed by atoms with Gasteiger partial charge in [0.15, 0.2) is 22.1 Å². The number of hydrogen-bond donors (Lipinski definition) is 4. The number of aliphatic hydroxyl groups excluding tert-OH is 3. The van der Waals surface area contributed by atoms with Crippen molar-refractivity contribution in [3.05, 3.63) is 18.5 Å². The summed E-state index contributed by atoms with van der Waals surface area (Å²) in [7, 11) is 0. The average molecular weight is 428 g/mol. The first-order valence-corrected chi connectivity index (χ1v) is 11.2. The lowest BCUT2D eigenvalue weighted by molar-refractivity contribution is -0.0773. The highest BCUT2D eigenvalue weighted by atomic mass is 32.2. The van der Waals surface area contributed by atoms with Crippen LogP contribution in [0.4, 0.5) is 5.82 Å². The molecule has 2 aromatic heterocycles. The standard InChI is InChI=1S/C17H25N5O4S2/c1-9(2)5-6-18-14-11-15(21-16(20-14)27-3)22(8-19-11)17(28-4)13(25)12(24)10(7-23)26-17/h8,10,12-13,23-25H,1,5-7H2,2-4H3,(H,18,20,21)/t10-,12-,13-,17+/m1/s1. The summed E-state index contributed by atoms with van der Waals surface area (Å²) in [5, 5.41) is 32.9. The van der Waals surface area contributed by atoms with Crippen molar-refractivity contribution in [3.63, 3.8) is 0 Å². The maximum atomic E-state index is 10.7. The normalized spacial score (nSPS) is 27.4. The number of imidazole rings is 1. The van der Waals surface area contributed by atoms with Crippen LogP contribution in [0.15, 0.2) is 23.6 Å². The fourth-order valence-corrected chi connectivity index (χ4v) is 4.40. The van der Waals surface area contributed by atoms with Crippen molar-refractivity contribution in [1.29, 1.82) is 0 Å². The minimum atomic E-state index is -1.36. The van der Waals surface area contributed by atoms with Gasteiger partial charge in [0.05, 0.1) is 6.61 Å². The third-order valence-electron chi connectivity index (χ3n) is 4.61. The van der Waals surface area contributed by atoms with Crippen molar-refractivity contribution >= 4 is 40.5 Å². The Hall–Kier alpha value is -1.37. The van der Waals surface area contributed by atoms with E-state index in [0.29, 0.717) is 28.7 Å². The molecule has 1 aliphatic rings. The van der Waals surface area contributed by atoms with E-state index in [-0.39, 0.29) is 0 Å². The summed E-state index contributed by atoms with van der Waals surface area (Å²) in [5.74, 6) is 0.581. The Morgan fingerprint density at radius 1 is 1.39 bits per heavy atom. The summed E-state index contributed by atoms with van der Waals surface area (Å²) < 4.78 is 7.49. The lowest BCUT2D eigenvalue weighted by atomic mass is 10.1. The van der Waals surface area contributed by atoms with Crippen LogP contribution in [-0.2, 0) is 9.79 Å². The van der Waals surface area contributed by atoms with Gasteiger partial charge in [-0.2, -0.15) is 0 Å². The molecule has 0 aromatic carbocycles. The summed E-state index contributed by atoms with van der Waals surface area (Å²) >= 11 is 2.59. The van der Waals surface area contributed by atoms with Gasteiger partial charge in [-0.05, 0) is 25.9 Å². The van der Waals surface area contributed by atoms with Crippen LogP contribution in [0.5, 0.6) is 0 Å². The van der Waals surface area contributed by atoms with Crippen molar-refractivity contribution in [2.75, 3.05) is 31.0 Å². The van der Waals surface area contributed by atoms with Gasteiger partial charge >= 0.3 is 0 Å². The van der Waals surface area contributed by atoms with E-state index >= 15 is 0 Å². The second-order valence-corrected chi connectivity index (χ2v) is 8.36. The number of aromatic nitrogens is 4. The van der Waals surface area contributed by atoms with E-state index < -0.39 is 30.0 Å². The Kier molecular flexibility index (Phi) is 6.52. The molecule has 4 N–H and O–H groups in total. The quantitative estimate of drug-likeness (QED) is 0.275. The number of aliphatic hydroxyl groups is 3. The van der Waals surface area contributed by atoms with Gasteiger partial charge < -0.3 is 25.4 Å². The van der Waals surface area contributed by atoms with Crippen LogP contribution in [0.3, 0.4) is 0 Å². The highest BCUT2D eigenvalue weighted by Gasteiger charge is 2.56. The maximum absolute atomic E-state index is 10.7. The van der Waals surface area contributed by atoms with E-state index in [0.717, 1.165) is 12.0 Å². The summed E-state index contributed by atoms with van der Waals surface area (Å²) in [4.78, 5) is 13.5. The minimum absolute atomic E-state index is 0.411. The highest BCUT2D eigenvalue weighted by molar-refractivity contribution is 7.99. The van der Waals surface area contributed by atoms with Crippen LogP contribution < -0.4 is 5.32 Å². The van der Waals surface area contributed by atoms with Crippen molar-refractivity contribution in [1.82, 2.24) is 19.5 Å². The molecule has 154 valence electrons. The summed E-state index contributed by atoms with van der Waals surface area (Å²) in [6.45, 7) is 6.11.